The van der Waals surface area contributed by atoms with Gasteiger partial charge in [-0.3, -0.25) is 18.8 Å². The number of para-hydroxylation sites is 1. The van der Waals surface area contributed by atoms with E-state index in [2.05, 4.69) is 10.3 Å². The van der Waals surface area contributed by atoms with Gasteiger partial charge in [-0.1, -0.05) is 24.3 Å². The summed E-state index contributed by atoms with van der Waals surface area (Å²) in [6, 6.07) is 9.29. The molecule has 4 rings (SSSR count). The van der Waals surface area contributed by atoms with Gasteiger partial charge in [0.25, 0.3) is 6.29 Å². The molecule has 2 aliphatic rings. The van der Waals surface area contributed by atoms with Crippen LogP contribution in [0, 0.1) is 0 Å². The first-order valence-corrected chi connectivity index (χ1v) is 13.1. The summed E-state index contributed by atoms with van der Waals surface area (Å²) in [5.41, 5.74) is 4.62. The van der Waals surface area contributed by atoms with Crippen LogP contribution in [0.3, 0.4) is 0 Å². The topological polar surface area (TPSA) is 214 Å². The van der Waals surface area contributed by atoms with E-state index in [1.807, 2.05) is 0 Å². The number of nitrogen functional groups attached to an aromatic ring is 1. The van der Waals surface area contributed by atoms with E-state index in [-0.39, 0.29) is 17.5 Å². The lowest BCUT2D eigenvalue weighted by Crippen LogP contribution is -2.46. The van der Waals surface area contributed by atoms with Gasteiger partial charge in [-0.05, 0) is 24.3 Å². The Bertz CT molecular complexity index is 1330. The van der Waals surface area contributed by atoms with E-state index in [0.717, 1.165) is 10.8 Å². The van der Waals surface area contributed by atoms with Crippen LogP contribution in [0.2, 0.25) is 0 Å². The molecule has 2 aliphatic heterocycles. The zero-order valence-electron chi connectivity index (χ0n) is 20.5. The molecule has 3 heterocycles. The second-order valence-electron chi connectivity index (χ2n) is 8.48. The number of allylic oxidation sites excluding steroid dienone is 1. The molecule has 1 fully saturated rings. The Labute approximate surface area is 221 Å². The lowest BCUT2D eigenvalue weighted by Gasteiger charge is -2.30. The molecule has 7 atom stereocenters. The Hall–Kier alpha value is -3.72. The third-order valence-corrected chi connectivity index (χ3v) is 6.39. The molecular weight excluding hydrogens is 539 g/mol. The second kappa shape index (κ2) is 12.0. The number of anilines is 1. The Kier molecular flexibility index (Phi) is 8.70. The molecule has 1 saturated heterocycles. The van der Waals surface area contributed by atoms with Crippen molar-refractivity contribution in [3.8, 4) is 5.75 Å². The van der Waals surface area contributed by atoms with Gasteiger partial charge >= 0.3 is 13.5 Å². The summed E-state index contributed by atoms with van der Waals surface area (Å²) in [5, 5.41) is 23.3. The maximum absolute atomic E-state index is 12.4. The van der Waals surface area contributed by atoms with Crippen molar-refractivity contribution < 1.29 is 47.7 Å². The second-order valence-corrected chi connectivity index (χ2v) is 9.89. The van der Waals surface area contributed by atoms with Crippen molar-refractivity contribution >= 4 is 19.5 Å². The quantitative estimate of drug-likeness (QED) is 0.199. The van der Waals surface area contributed by atoms with Crippen LogP contribution in [-0.2, 0) is 27.9 Å². The number of hydrogen-bond donors (Lipinski definition) is 5. The zero-order valence-corrected chi connectivity index (χ0v) is 21.4. The molecule has 0 radical (unpaired) electrons. The summed E-state index contributed by atoms with van der Waals surface area (Å²) in [6.07, 6.45) is -1.79. The first kappa shape index (κ1) is 28.3. The number of nitrogens with zero attached hydrogens (tertiary/aromatic N) is 2. The van der Waals surface area contributed by atoms with Gasteiger partial charge in [-0.15, -0.1) is 0 Å². The number of carbonyl (C=O) groups excluding carboxylic acids is 1. The predicted octanol–water partition coefficient (Wildman–Crippen LogP) is -0.0841. The highest BCUT2D eigenvalue weighted by Crippen LogP contribution is 2.45. The molecule has 0 bridgehead atoms. The maximum atomic E-state index is 12.4. The average molecular weight is 566 g/mol. The van der Waals surface area contributed by atoms with E-state index >= 15 is 0 Å². The van der Waals surface area contributed by atoms with Crippen molar-refractivity contribution in [1.82, 2.24) is 14.9 Å². The fourth-order valence-corrected chi connectivity index (χ4v) is 4.35. The van der Waals surface area contributed by atoms with Gasteiger partial charge in [0.05, 0.1) is 6.61 Å². The van der Waals surface area contributed by atoms with Crippen LogP contribution in [-0.4, -0.2) is 67.8 Å². The minimum Gasteiger partial charge on any atom is -0.452 e. The number of carbonyl (C=O) groups is 1. The Balaban J connectivity index is 1.37. The van der Waals surface area contributed by atoms with Gasteiger partial charge in [0.2, 0.25) is 5.91 Å². The highest BCUT2D eigenvalue weighted by Gasteiger charge is 2.45. The number of aromatic nitrogens is 2. The van der Waals surface area contributed by atoms with Crippen molar-refractivity contribution in [3.63, 3.8) is 0 Å². The van der Waals surface area contributed by atoms with Crippen LogP contribution in [0.4, 0.5) is 5.82 Å². The summed E-state index contributed by atoms with van der Waals surface area (Å²) in [7, 11) is -4.76. The SMILES string of the molecule is CC(=O)N[C@@H]1C=C/C(=C/OP(=O)(O)OC[C@H]2O[C@@H](n3ccc(N)nc3=O)C(O)[C@H]2O)OC1Oc1ccccc1. The number of benzene rings is 1. The molecule has 0 saturated carbocycles. The van der Waals surface area contributed by atoms with Gasteiger partial charge in [-0.2, -0.15) is 4.98 Å². The highest BCUT2D eigenvalue weighted by atomic mass is 31.2. The van der Waals surface area contributed by atoms with Crippen molar-refractivity contribution in [1.29, 1.82) is 0 Å². The molecule has 39 heavy (non-hydrogen) atoms. The average Bonchev–Trinajstić information content (AvgIpc) is 3.16. The normalized spacial score (nSPS) is 28.9. The van der Waals surface area contributed by atoms with E-state index < -0.39 is 57.0 Å². The molecule has 6 N–H and O–H groups in total. The molecule has 16 heteroatoms. The summed E-state index contributed by atoms with van der Waals surface area (Å²) in [5.74, 6) is 0.0700. The summed E-state index contributed by atoms with van der Waals surface area (Å²) in [4.78, 5) is 37.2. The molecule has 15 nitrogen and oxygen atoms in total. The first-order valence-electron chi connectivity index (χ1n) is 11.6. The molecule has 1 amide bonds. The summed E-state index contributed by atoms with van der Waals surface area (Å²) < 4.78 is 40.1. The fourth-order valence-electron chi connectivity index (χ4n) is 3.72. The number of rotatable bonds is 9. The summed E-state index contributed by atoms with van der Waals surface area (Å²) >= 11 is 0. The van der Waals surface area contributed by atoms with Gasteiger partial charge in [0.1, 0.15) is 42.2 Å². The minimum absolute atomic E-state index is 0.0155. The fraction of sp³-hybridized carbons (Fsp3) is 0.348. The van der Waals surface area contributed by atoms with Crippen LogP contribution in [0.5, 0.6) is 5.75 Å². The largest absolute Gasteiger partial charge is 0.527 e. The number of amides is 1. The Morgan fingerprint density at radius 1 is 1.26 bits per heavy atom. The van der Waals surface area contributed by atoms with E-state index in [0.29, 0.717) is 5.75 Å². The zero-order chi connectivity index (χ0) is 28.2. The number of phosphoric ester groups is 1. The predicted molar refractivity (Wildman–Crippen MR) is 132 cm³/mol. The van der Waals surface area contributed by atoms with Crippen LogP contribution in [0.15, 0.2) is 71.6 Å². The van der Waals surface area contributed by atoms with Crippen molar-refractivity contribution in [2.24, 2.45) is 0 Å². The van der Waals surface area contributed by atoms with Gasteiger partial charge in [-0.25, -0.2) is 9.36 Å². The van der Waals surface area contributed by atoms with E-state index in [4.69, 9.17) is 29.0 Å². The van der Waals surface area contributed by atoms with E-state index in [1.54, 1.807) is 36.4 Å². The van der Waals surface area contributed by atoms with Gasteiger partial charge < -0.3 is 40.0 Å². The third kappa shape index (κ3) is 7.23. The smallest absolute Gasteiger partial charge is 0.452 e. The highest BCUT2D eigenvalue weighted by molar-refractivity contribution is 7.47. The summed E-state index contributed by atoms with van der Waals surface area (Å²) in [6.45, 7) is 0.655. The molecule has 1 aromatic heterocycles. The van der Waals surface area contributed by atoms with Gasteiger partial charge in [0, 0.05) is 13.1 Å². The van der Waals surface area contributed by atoms with E-state index in [1.165, 1.54) is 25.3 Å². The van der Waals surface area contributed by atoms with Crippen LogP contribution in [0.25, 0.3) is 0 Å². The lowest BCUT2D eigenvalue weighted by molar-refractivity contribution is -0.123. The maximum Gasteiger partial charge on any atom is 0.527 e. The van der Waals surface area contributed by atoms with Crippen molar-refractivity contribution in [2.45, 2.75) is 43.8 Å². The number of phosphoric acid groups is 1. The number of aliphatic hydroxyl groups is 2. The lowest BCUT2D eigenvalue weighted by atomic mass is 10.1. The molecular formula is C23H27N4O11P. The number of aliphatic hydroxyl groups excluding tert-OH is 2. The van der Waals surface area contributed by atoms with Crippen LogP contribution < -0.4 is 21.5 Å². The van der Waals surface area contributed by atoms with Crippen molar-refractivity contribution in [2.75, 3.05) is 12.3 Å². The number of ether oxygens (including phenoxy) is 3. The third-order valence-electron chi connectivity index (χ3n) is 5.55. The molecule has 0 spiro atoms. The number of nitrogens with one attached hydrogen (secondary N) is 1. The van der Waals surface area contributed by atoms with E-state index in [9.17, 15) is 29.3 Å². The van der Waals surface area contributed by atoms with Crippen molar-refractivity contribution in [3.05, 3.63) is 77.3 Å². The minimum atomic E-state index is -4.76. The Morgan fingerprint density at radius 3 is 2.69 bits per heavy atom. The molecule has 2 aromatic rings. The van der Waals surface area contributed by atoms with Crippen LogP contribution >= 0.6 is 7.82 Å². The number of hydrogen-bond acceptors (Lipinski definition) is 12. The molecule has 0 aliphatic carbocycles. The number of nitrogens with two attached hydrogens (primary N) is 1. The van der Waals surface area contributed by atoms with Gasteiger partial charge in [0.15, 0.2) is 12.0 Å². The Morgan fingerprint density at radius 2 is 2.00 bits per heavy atom. The molecule has 1 aromatic carbocycles. The monoisotopic (exact) mass is 566 g/mol. The molecule has 3 unspecified atom stereocenters. The molecule has 210 valence electrons. The van der Waals surface area contributed by atoms with Crippen LogP contribution in [0.1, 0.15) is 13.2 Å². The first-order chi connectivity index (χ1) is 18.5. The standard InChI is InChI=1S/C23H27N4O11P/c1-13(28)25-16-8-7-15(37-22(16)36-14-5-3-2-4-6-14)11-34-39(32,33)35-12-17-19(29)20(30)21(38-17)27-10-9-18(24)26-23(27)31/h2-11,16-17,19-22,29-30H,12H2,1H3,(H,25,28)(H,32,33)(H2,24,26,31)/b15-11-/t16-,17-,19+,20?,21-,22?/m1/s1.